The number of benzene rings is 2. The van der Waals surface area contributed by atoms with Gasteiger partial charge in [-0.1, -0.05) is 62.4 Å². The molecule has 0 aliphatic rings. The van der Waals surface area contributed by atoms with Gasteiger partial charge in [0.25, 0.3) is 10.0 Å². The van der Waals surface area contributed by atoms with Gasteiger partial charge in [-0.05, 0) is 36.1 Å². The van der Waals surface area contributed by atoms with E-state index in [9.17, 15) is 23.1 Å². The van der Waals surface area contributed by atoms with E-state index in [1.807, 2.05) is 18.6 Å². The lowest BCUT2D eigenvalue weighted by molar-refractivity contribution is -0.133. The van der Waals surface area contributed by atoms with Crippen molar-refractivity contribution in [2.24, 2.45) is 11.8 Å². The van der Waals surface area contributed by atoms with Crippen molar-refractivity contribution in [2.45, 2.75) is 20.3 Å². The number of para-hydroxylation sites is 1. The highest BCUT2D eigenvalue weighted by Crippen LogP contribution is 2.21. The fraction of sp³-hybridized carbons (Fsp3) is 0.304. The van der Waals surface area contributed by atoms with E-state index in [1.54, 1.807) is 60.7 Å². The first-order valence-electron chi connectivity index (χ1n) is 10.0. The van der Waals surface area contributed by atoms with Gasteiger partial charge in [-0.2, -0.15) is 0 Å². The number of amides is 2. The van der Waals surface area contributed by atoms with Crippen molar-refractivity contribution in [3.05, 3.63) is 71.6 Å². The molecule has 2 aromatic rings. The van der Waals surface area contributed by atoms with Crippen molar-refractivity contribution in [3.63, 3.8) is 0 Å². The molecule has 0 aliphatic carbocycles. The molecule has 0 spiro atoms. The van der Waals surface area contributed by atoms with Gasteiger partial charge < -0.3 is 10.0 Å². The zero-order chi connectivity index (χ0) is 22.9. The molecule has 0 radical (unpaired) electrons. The minimum absolute atomic E-state index is 0.00855. The summed E-state index contributed by atoms with van der Waals surface area (Å²) in [7, 11) is -4.10. The van der Waals surface area contributed by atoms with Crippen LogP contribution in [0.25, 0.3) is 6.08 Å². The predicted molar refractivity (Wildman–Crippen MR) is 121 cm³/mol. The molecule has 0 saturated carbocycles. The molecule has 0 aliphatic heterocycles. The predicted octanol–water partition coefficient (Wildman–Crippen LogP) is 2.79. The Bertz CT molecular complexity index is 989. The van der Waals surface area contributed by atoms with Crippen molar-refractivity contribution in [3.8, 4) is 0 Å². The Morgan fingerprint density at radius 1 is 1.03 bits per heavy atom. The van der Waals surface area contributed by atoms with E-state index >= 15 is 0 Å². The molecule has 0 saturated heterocycles. The molecule has 31 heavy (non-hydrogen) atoms. The molecule has 0 fully saturated rings. The highest BCUT2D eigenvalue weighted by Gasteiger charge is 2.33. The van der Waals surface area contributed by atoms with E-state index in [0.29, 0.717) is 11.3 Å². The Morgan fingerprint density at radius 3 is 2.16 bits per heavy atom. The SMILES string of the molecule is CC(C)CC(C(=O)NS(=O)(=O)C=Cc1ccccc1)C(=O)N(CCO)c1ccccc1. The lowest BCUT2D eigenvalue weighted by Gasteiger charge is -2.27. The maximum absolute atomic E-state index is 13.2. The van der Waals surface area contributed by atoms with Crippen molar-refractivity contribution in [1.82, 2.24) is 4.72 Å². The Labute approximate surface area is 183 Å². The number of sulfonamides is 1. The molecule has 0 heterocycles. The van der Waals surface area contributed by atoms with E-state index in [0.717, 1.165) is 5.41 Å². The number of anilines is 1. The number of rotatable bonds is 10. The zero-order valence-corrected chi connectivity index (χ0v) is 18.5. The van der Waals surface area contributed by atoms with E-state index in [-0.39, 0.29) is 25.5 Å². The number of carbonyl (C=O) groups excluding carboxylic acids is 2. The first-order chi connectivity index (χ1) is 14.7. The number of hydrogen-bond acceptors (Lipinski definition) is 5. The van der Waals surface area contributed by atoms with Crippen LogP contribution < -0.4 is 9.62 Å². The maximum Gasteiger partial charge on any atom is 0.257 e. The lowest BCUT2D eigenvalue weighted by Crippen LogP contribution is -2.46. The number of hydrogen-bond donors (Lipinski definition) is 2. The Kier molecular flexibility index (Phi) is 8.96. The molecule has 2 N–H and O–H groups in total. The average Bonchev–Trinajstić information content (AvgIpc) is 2.75. The first-order valence-corrected chi connectivity index (χ1v) is 11.5. The molecular formula is C23H28N2O5S. The lowest BCUT2D eigenvalue weighted by atomic mass is 9.95. The standard InChI is InChI=1S/C23H28N2O5S/c1-18(2)17-21(23(28)25(14-15-26)20-11-7-4-8-12-20)22(27)24-31(29,30)16-13-19-9-5-3-6-10-19/h3-13,16,18,21,26H,14-15,17H2,1-2H3,(H,24,27). The van der Waals surface area contributed by atoms with Crippen LogP contribution in [0.4, 0.5) is 5.69 Å². The minimum Gasteiger partial charge on any atom is -0.395 e. The summed E-state index contributed by atoms with van der Waals surface area (Å²) in [6, 6.07) is 17.4. The first kappa shape index (κ1) is 24.3. The third-order valence-electron chi connectivity index (χ3n) is 4.46. The molecule has 8 heteroatoms. The van der Waals surface area contributed by atoms with E-state index in [1.165, 1.54) is 11.0 Å². The summed E-state index contributed by atoms with van der Waals surface area (Å²) in [6.45, 7) is 3.38. The van der Waals surface area contributed by atoms with Gasteiger partial charge in [-0.3, -0.25) is 9.59 Å². The molecule has 0 aromatic heterocycles. The van der Waals surface area contributed by atoms with Crippen LogP contribution in [-0.4, -0.2) is 38.5 Å². The molecule has 1 atom stereocenters. The second-order valence-corrected chi connectivity index (χ2v) is 9.02. The summed E-state index contributed by atoms with van der Waals surface area (Å²) < 4.78 is 26.8. The van der Waals surface area contributed by atoms with Gasteiger partial charge in [0.15, 0.2) is 0 Å². The molecule has 2 aromatic carbocycles. The molecule has 166 valence electrons. The Hall–Kier alpha value is -2.97. The summed E-state index contributed by atoms with van der Waals surface area (Å²) in [5, 5.41) is 10.3. The Balaban J connectivity index is 2.24. The van der Waals surface area contributed by atoms with Crippen LogP contribution in [0.3, 0.4) is 0 Å². The maximum atomic E-state index is 13.2. The molecule has 0 bridgehead atoms. The van der Waals surface area contributed by atoms with Crippen LogP contribution in [0.5, 0.6) is 0 Å². The molecule has 2 rings (SSSR count). The van der Waals surface area contributed by atoms with Crippen LogP contribution in [-0.2, 0) is 19.6 Å². The van der Waals surface area contributed by atoms with Gasteiger partial charge in [0.2, 0.25) is 11.8 Å². The van der Waals surface area contributed by atoms with Crippen LogP contribution in [0.1, 0.15) is 25.8 Å². The summed E-state index contributed by atoms with van der Waals surface area (Å²) in [4.78, 5) is 27.4. The highest BCUT2D eigenvalue weighted by molar-refractivity contribution is 7.93. The van der Waals surface area contributed by atoms with Gasteiger partial charge in [0.05, 0.1) is 12.0 Å². The normalized spacial score (nSPS) is 12.6. The second-order valence-electron chi connectivity index (χ2n) is 7.46. The molecule has 1 unspecified atom stereocenters. The number of nitrogens with zero attached hydrogens (tertiary/aromatic N) is 1. The third-order valence-corrected chi connectivity index (χ3v) is 5.44. The summed E-state index contributed by atoms with van der Waals surface area (Å²) in [6.07, 6.45) is 1.54. The topological polar surface area (TPSA) is 104 Å². The van der Waals surface area contributed by atoms with Gasteiger partial charge in [-0.15, -0.1) is 0 Å². The largest absolute Gasteiger partial charge is 0.395 e. The van der Waals surface area contributed by atoms with Crippen LogP contribution in [0.2, 0.25) is 0 Å². The third kappa shape index (κ3) is 7.66. The van der Waals surface area contributed by atoms with Crippen molar-refractivity contribution in [1.29, 1.82) is 0 Å². The van der Waals surface area contributed by atoms with E-state index < -0.39 is 27.8 Å². The van der Waals surface area contributed by atoms with Crippen LogP contribution in [0.15, 0.2) is 66.1 Å². The fourth-order valence-corrected chi connectivity index (χ4v) is 3.86. The second kappa shape index (κ2) is 11.4. The van der Waals surface area contributed by atoms with Gasteiger partial charge in [0.1, 0.15) is 5.92 Å². The average molecular weight is 445 g/mol. The molecule has 7 nitrogen and oxygen atoms in total. The molecule has 2 amide bonds. The van der Waals surface area contributed by atoms with Gasteiger partial charge in [-0.25, -0.2) is 13.1 Å². The number of carbonyl (C=O) groups is 2. The van der Waals surface area contributed by atoms with Crippen molar-refractivity contribution < 1.29 is 23.1 Å². The van der Waals surface area contributed by atoms with Crippen LogP contribution in [0, 0.1) is 11.8 Å². The van der Waals surface area contributed by atoms with Crippen molar-refractivity contribution >= 4 is 33.6 Å². The summed E-state index contributed by atoms with van der Waals surface area (Å²) in [5.74, 6) is -2.70. The van der Waals surface area contributed by atoms with Gasteiger partial charge in [0, 0.05) is 12.2 Å². The fourth-order valence-electron chi connectivity index (χ4n) is 3.03. The quantitative estimate of drug-likeness (QED) is 0.549. The monoisotopic (exact) mass is 444 g/mol. The number of aliphatic hydroxyl groups is 1. The number of aliphatic hydroxyl groups excluding tert-OH is 1. The minimum atomic E-state index is -4.10. The summed E-state index contributed by atoms with van der Waals surface area (Å²) in [5.41, 5.74) is 1.18. The van der Waals surface area contributed by atoms with E-state index in [4.69, 9.17) is 0 Å². The summed E-state index contributed by atoms with van der Waals surface area (Å²) >= 11 is 0. The zero-order valence-electron chi connectivity index (χ0n) is 17.6. The smallest absolute Gasteiger partial charge is 0.257 e. The Morgan fingerprint density at radius 2 is 1.61 bits per heavy atom. The van der Waals surface area contributed by atoms with Crippen LogP contribution >= 0.6 is 0 Å². The van der Waals surface area contributed by atoms with E-state index in [2.05, 4.69) is 0 Å². The number of nitrogens with one attached hydrogen (secondary N) is 1. The highest BCUT2D eigenvalue weighted by atomic mass is 32.2. The molecular weight excluding hydrogens is 416 g/mol. The van der Waals surface area contributed by atoms with Gasteiger partial charge >= 0.3 is 0 Å². The van der Waals surface area contributed by atoms with Crippen molar-refractivity contribution in [2.75, 3.05) is 18.1 Å².